The van der Waals surface area contributed by atoms with E-state index in [1.165, 1.54) is 0 Å². The number of rotatable bonds is 8. The van der Waals surface area contributed by atoms with Gasteiger partial charge in [-0.3, -0.25) is 9.59 Å². The Balaban J connectivity index is 1.97. The molecule has 0 aromatic heterocycles. The van der Waals surface area contributed by atoms with Gasteiger partial charge in [0.05, 0.1) is 0 Å². The molecule has 6 nitrogen and oxygen atoms in total. The van der Waals surface area contributed by atoms with Gasteiger partial charge in [0, 0.05) is 32.0 Å². The second kappa shape index (κ2) is 9.20. The molecule has 2 aliphatic rings. The SMILES string of the molecule is CCCN(CCC)C(=O)CCC(=O)N1C(C(=O)O)CC2CCCCC21. The lowest BCUT2D eigenvalue weighted by atomic mass is 9.84. The lowest BCUT2D eigenvalue weighted by Crippen LogP contribution is -2.46. The van der Waals surface area contributed by atoms with Crippen LogP contribution in [0, 0.1) is 5.92 Å². The largest absolute Gasteiger partial charge is 0.480 e. The third kappa shape index (κ3) is 4.73. The highest BCUT2D eigenvalue weighted by molar-refractivity contribution is 5.87. The fraction of sp³-hybridized carbons (Fsp3) is 0.842. The minimum atomic E-state index is -0.910. The molecule has 1 saturated heterocycles. The van der Waals surface area contributed by atoms with Gasteiger partial charge in [-0.05, 0) is 38.0 Å². The van der Waals surface area contributed by atoms with E-state index in [4.69, 9.17) is 0 Å². The number of carbonyl (C=O) groups excluding carboxylic acids is 2. The number of fused-ring (bicyclic) bond motifs is 1. The monoisotopic (exact) mass is 352 g/mol. The van der Waals surface area contributed by atoms with Crippen LogP contribution in [0.5, 0.6) is 0 Å². The highest BCUT2D eigenvalue weighted by atomic mass is 16.4. The molecule has 6 heteroatoms. The first-order chi connectivity index (χ1) is 12.0. The van der Waals surface area contributed by atoms with Crippen molar-refractivity contribution in [3.8, 4) is 0 Å². The molecular formula is C19H32N2O4. The Labute approximate surface area is 150 Å². The topological polar surface area (TPSA) is 77.9 Å². The first kappa shape index (κ1) is 19.7. The summed E-state index contributed by atoms with van der Waals surface area (Å²) in [6.45, 7) is 5.50. The van der Waals surface area contributed by atoms with Gasteiger partial charge < -0.3 is 14.9 Å². The van der Waals surface area contributed by atoms with Gasteiger partial charge in [-0.25, -0.2) is 4.79 Å². The highest BCUT2D eigenvalue weighted by Crippen LogP contribution is 2.40. The molecule has 142 valence electrons. The first-order valence-electron chi connectivity index (χ1n) is 9.81. The third-order valence-corrected chi connectivity index (χ3v) is 5.55. The van der Waals surface area contributed by atoms with Crippen molar-refractivity contribution in [3.05, 3.63) is 0 Å². The lowest BCUT2D eigenvalue weighted by Gasteiger charge is -2.33. The van der Waals surface area contributed by atoms with E-state index in [1.807, 2.05) is 18.7 Å². The molecule has 25 heavy (non-hydrogen) atoms. The molecule has 0 bridgehead atoms. The standard InChI is InChI=1S/C19H32N2O4/c1-3-11-20(12-4-2)17(22)9-10-18(23)21-15-8-6-5-7-14(15)13-16(21)19(24)25/h14-16H,3-13H2,1-2H3,(H,24,25). The average Bonchev–Trinajstić information content (AvgIpc) is 2.99. The van der Waals surface area contributed by atoms with Crippen LogP contribution < -0.4 is 0 Å². The zero-order chi connectivity index (χ0) is 18.4. The van der Waals surface area contributed by atoms with Crippen molar-refractivity contribution in [1.29, 1.82) is 0 Å². The molecule has 2 amide bonds. The van der Waals surface area contributed by atoms with Gasteiger partial charge in [0.15, 0.2) is 0 Å². The van der Waals surface area contributed by atoms with Crippen molar-refractivity contribution in [2.24, 2.45) is 5.92 Å². The summed E-state index contributed by atoms with van der Waals surface area (Å²) in [5, 5.41) is 9.52. The smallest absolute Gasteiger partial charge is 0.326 e. The molecule has 3 atom stereocenters. The van der Waals surface area contributed by atoms with Gasteiger partial charge >= 0.3 is 5.97 Å². The van der Waals surface area contributed by atoms with E-state index in [0.717, 1.165) is 38.5 Å². The van der Waals surface area contributed by atoms with Crippen molar-refractivity contribution in [2.75, 3.05) is 13.1 Å². The van der Waals surface area contributed by atoms with Gasteiger partial charge in [-0.1, -0.05) is 26.7 Å². The Bertz CT molecular complexity index is 488. The third-order valence-electron chi connectivity index (χ3n) is 5.55. The van der Waals surface area contributed by atoms with Crippen molar-refractivity contribution < 1.29 is 19.5 Å². The van der Waals surface area contributed by atoms with E-state index >= 15 is 0 Å². The molecule has 1 aliphatic carbocycles. The number of carbonyl (C=O) groups is 3. The van der Waals surface area contributed by atoms with Gasteiger partial charge in [-0.15, -0.1) is 0 Å². The van der Waals surface area contributed by atoms with E-state index < -0.39 is 12.0 Å². The molecule has 2 rings (SSSR count). The van der Waals surface area contributed by atoms with Crippen LogP contribution in [0.1, 0.15) is 71.6 Å². The Morgan fingerprint density at radius 2 is 1.68 bits per heavy atom. The number of carboxylic acids is 1. The van der Waals surface area contributed by atoms with E-state index in [2.05, 4.69) is 0 Å². The molecule has 1 N–H and O–H groups in total. The molecule has 1 aliphatic heterocycles. The normalized spacial score (nSPS) is 25.5. The predicted molar refractivity (Wildman–Crippen MR) is 95.0 cm³/mol. The van der Waals surface area contributed by atoms with Crippen molar-refractivity contribution in [1.82, 2.24) is 9.80 Å². The van der Waals surface area contributed by atoms with E-state index in [9.17, 15) is 19.5 Å². The number of nitrogens with zero attached hydrogens (tertiary/aromatic N) is 2. The Hall–Kier alpha value is -1.59. The molecule has 0 aromatic rings. The Morgan fingerprint density at radius 3 is 2.28 bits per heavy atom. The minimum absolute atomic E-state index is 0.00307. The summed E-state index contributed by atoms with van der Waals surface area (Å²) in [5.41, 5.74) is 0. The van der Waals surface area contributed by atoms with E-state index in [0.29, 0.717) is 25.4 Å². The Morgan fingerprint density at radius 1 is 1.04 bits per heavy atom. The van der Waals surface area contributed by atoms with Crippen LogP contribution in [0.2, 0.25) is 0 Å². The van der Waals surface area contributed by atoms with Crippen LogP contribution in [0.3, 0.4) is 0 Å². The number of aliphatic carboxylic acids is 1. The van der Waals surface area contributed by atoms with Gasteiger partial charge in [0.2, 0.25) is 11.8 Å². The minimum Gasteiger partial charge on any atom is -0.480 e. The zero-order valence-electron chi connectivity index (χ0n) is 15.6. The molecule has 2 fully saturated rings. The number of hydrogen-bond acceptors (Lipinski definition) is 3. The van der Waals surface area contributed by atoms with Crippen LogP contribution in [0.4, 0.5) is 0 Å². The van der Waals surface area contributed by atoms with Crippen LogP contribution in [0.25, 0.3) is 0 Å². The second-order valence-electron chi connectivity index (χ2n) is 7.38. The average molecular weight is 352 g/mol. The van der Waals surface area contributed by atoms with Crippen LogP contribution in [-0.2, 0) is 14.4 Å². The summed E-state index contributed by atoms with van der Waals surface area (Å²) in [7, 11) is 0. The number of amides is 2. The Kier molecular flexibility index (Phi) is 7.26. The van der Waals surface area contributed by atoms with Gasteiger partial charge in [0.1, 0.15) is 6.04 Å². The zero-order valence-corrected chi connectivity index (χ0v) is 15.6. The number of hydrogen-bond donors (Lipinski definition) is 1. The maximum absolute atomic E-state index is 12.7. The lowest BCUT2D eigenvalue weighted by molar-refractivity contribution is -0.150. The van der Waals surface area contributed by atoms with Crippen LogP contribution in [-0.4, -0.2) is 57.9 Å². The summed E-state index contributed by atoms with van der Waals surface area (Å²) >= 11 is 0. The van der Waals surface area contributed by atoms with Crippen molar-refractivity contribution >= 4 is 17.8 Å². The predicted octanol–water partition coefficient (Wildman–Crippen LogP) is 2.66. The van der Waals surface area contributed by atoms with Crippen molar-refractivity contribution in [2.45, 2.75) is 83.7 Å². The fourth-order valence-corrected chi connectivity index (χ4v) is 4.44. The highest BCUT2D eigenvalue weighted by Gasteiger charge is 2.47. The number of likely N-dealkylation sites (tertiary alicyclic amines) is 1. The molecule has 1 saturated carbocycles. The van der Waals surface area contributed by atoms with Gasteiger partial charge in [-0.2, -0.15) is 0 Å². The molecular weight excluding hydrogens is 320 g/mol. The second-order valence-corrected chi connectivity index (χ2v) is 7.38. The summed E-state index contributed by atoms with van der Waals surface area (Å²) in [5.74, 6) is -0.759. The van der Waals surface area contributed by atoms with Crippen LogP contribution >= 0.6 is 0 Å². The molecule has 0 spiro atoms. The maximum atomic E-state index is 12.7. The van der Waals surface area contributed by atoms with E-state index in [1.54, 1.807) is 4.90 Å². The van der Waals surface area contributed by atoms with Crippen LogP contribution in [0.15, 0.2) is 0 Å². The fourth-order valence-electron chi connectivity index (χ4n) is 4.44. The van der Waals surface area contributed by atoms with Gasteiger partial charge in [0.25, 0.3) is 0 Å². The van der Waals surface area contributed by atoms with E-state index in [-0.39, 0.29) is 30.7 Å². The molecule has 0 radical (unpaired) electrons. The summed E-state index contributed by atoms with van der Waals surface area (Å²) < 4.78 is 0. The molecule has 1 heterocycles. The summed E-state index contributed by atoms with van der Waals surface area (Å²) in [6.07, 6.45) is 6.75. The first-order valence-corrected chi connectivity index (χ1v) is 9.81. The maximum Gasteiger partial charge on any atom is 0.326 e. The quantitative estimate of drug-likeness (QED) is 0.728. The summed E-state index contributed by atoms with van der Waals surface area (Å²) in [4.78, 5) is 40.2. The molecule has 0 aromatic carbocycles. The number of carboxylic acid groups (broad SMARTS) is 1. The van der Waals surface area contributed by atoms with Crippen molar-refractivity contribution in [3.63, 3.8) is 0 Å². The summed E-state index contributed by atoms with van der Waals surface area (Å²) in [6, 6.07) is -0.655. The molecule has 3 unspecified atom stereocenters.